The van der Waals surface area contributed by atoms with E-state index >= 15 is 4.39 Å². The lowest BCUT2D eigenvalue weighted by Crippen LogP contribution is -2.43. The molecular weight excluding hydrogens is 454 g/mol. The predicted octanol–water partition coefficient (Wildman–Crippen LogP) is 5.90. The first-order valence-corrected chi connectivity index (χ1v) is 12.8. The maximum absolute atomic E-state index is 15.3. The number of piperidine rings is 1. The molecule has 34 heavy (non-hydrogen) atoms. The Bertz CT molecular complexity index is 1080. The topological polar surface area (TPSA) is 45.6 Å². The zero-order chi connectivity index (χ0) is 23.9. The van der Waals surface area contributed by atoms with Crippen molar-refractivity contribution in [2.45, 2.75) is 30.3 Å². The number of fused-ring (bicyclic) bond motifs is 1. The molecule has 0 amide bonds. The highest BCUT2D eigenvalue weighted by atomic mass is 32.2. The summed E-state index contributed by atoms with van der Waals surface area (Å²) in [5, 5.41) is 10.8. The van der Waals surface area contributed by atoms with E-state index in [0.717, 1.165) is 49.1 Å². The van der Waals surface area contributed by atoms with E-state index in [2.05, 4.69) is 9.88 Å². The average molecular weight is 487 g/mol. The first-order valence-electron chi connectivity index (χ1n) is 11.9. The molecule has 1 fully saturated rings. The minimum absolute atomic E-state index is 0.105. The third kappa shape index (κ3) is 6.06. The third-order valence-corrected chi connectivity index (χ3v) is 7.85. The van der Waals surface area contributed by atoms with Crippen molar-refractivity contribution in [2.75, 3.05) is 39.1 Å². The highest BCUT2D eigenvalue weighted by Crippen LogP contribution is 2.35. The van der Waals surface area contributed by atoms with Gasteiger partial charge in [-0.2, -0.15) is 0 Å². The van der Waals surface area contributed by atoms with E-state index in [1.54, 1.807) is 31.5 Å². The zero-order valence-electron chi connectivity index (χ0n) is 19.5. The van der Waals surface area contributed by atoms with Gasteiger partial charge in [-0.15, -0.1) is 11.8 Å². The summed E-state index contributed by atoms with van der Waals surface area (Å²) in [7, 11) is 1.60. The van der Waals surface area contributed by atoms with Gasteiger partial charge in [0.1, 0.15) is 17.7 Å². The molecule has 4 nitrogen and oxygen atoms in total. The van der Waals surface area contributed by atoms with Crippen LogP contribution in [-0.2, 0) is 0 Å². The number of nitrogens with zero attached hydrogens (tertiary/aromatic N) is 2. The van der Waals surface area contributed by atoms with Gasteiger partial charge in [0.05, 0.1) is 12.6 Å². The second-order valence-electron chi connectivity index (χ2n) is 8.90. The number of pyridine rings is 1. The molecule has 2 heterocycles. The van der Waals surface area contributed by atoms with Crippen molar-refractivity contribution in [3.63, 3.8) is 0 Å². The molecule has 1 aliphatic heterocycles. The Morgan fingerprint density at radius 2 is 2.06 bits per heavy atom. The van der Waals surface area contributed by atoms with Gasteiger partial charge < -0.3 is 14.7 Å². The molecule has 1 N–H and O–H groups in total. The van der Waals surface area contributed by atoms with Crippen LogP contribution in [0.3, 0.4) is 0 Å². The Hall–Kier alpha value is -2.22. The molecular formula is C27H32F2N2O2S. The van der Waals surface area contributed by atoms with Gasteiger partial charge in [-0.3, -0.25) is 4.98 Å². The SMILES string of the molecule is COc1ccc2nccc([C@H](F)CC[C@@H]3CCN(CCSc4ccccc4F)C[C@@H]3CO)c2c1. The van der Waals surface area contributed by atoms with Gasteiger partial charge in [0, 0.05) is 41.9 Å². The van der Waals surface area contributed by atoms with E-state index in [0.29, 0.717) is 28.5 Å². The summed E-state index contributed by atoms with van der Waals surface area (Å²) in [6.07, 6.45) is 2.66. The Morgan fingerprint density at radius 1 is 1.21 bits per heavy atom. The second kappa shape index (κ2) is 12.0. The number of likely N-dealkylation sites (tertiary alicyclic amines) is 1. The minimum atomic E-state index is -1.09. The Balaban J connectivity index is 1.30. The predicted molar refractivity (Wildman–Crippen MR) is 134 cm³/mol. The van der Waals surface area contributed by atoms with E-state index in [9.17, 15) is 9.50 Å². The fourth-order valence-electron chi connectivity index (χ4n) is 4.86. The van der Waals surface area contributed by atoms with Crippen molar-refractivity contribution in [3.8, 4) is 5.75 Å². The lowest BCUT2D eigenvalue weighted by atomic mass is 9.81. The van der Waals surface area contributed by atoms with E-state index in [4.69, 9.17) is 4.74 Å². The number of rotatable bonds is 10. The average Bonchev–Trinajstić information content (AvgIpc) is 2.88. The monoisotopic (exact) mass is 486 g/mol. The first kappa shape index (κ1) is 24.9. The van der Waals surface area contributed by atoms with Crippen LogP contribution in [0.5, 0.6) is 5.75 Å². The molecule has 1 aromatic heterocycles. The molecule has 0 aliphatic carbocycles. The van der Waals surface area contributed by atoms with Gasteiger partial charge in [0.15, 0.2) is 0 Å². The summed E-state index contributed by atoms with van der Waals surface area (Å²) < 4.78 is 34.5. The molecule has 0 spiro atoms. The lowest BCUT2D eigenvalue weighted by Gasteiger charge is -2.38. The van der Waals surface area contributed by atoms with E-state index in [1.807, 2.05) is 24.3 Å². The Kier molecular flexibility index (Phi) is 8.75. The number of halogens is 2. The number of hydrogen-bond acceptors (Lipinski definition) is 5. The summed E-state index contributed by atoms with van der Waals surface area (Å²) >= 11 is 1.52. The number of alkyl halides is 1. The van der Waals surface area contributed by atoms with Gasteiger partial charge in [0.2, 0.25) is 0 Å². The first-order chi connectivity index (χ1) is 16.6. The molecule has 1 saturated heterocycles. The fourth-order valence-corrected chi connectivity index (χ4v) is 5.81. The van der Waals surface area contributed by atoms with Crippen molar-refractivity contribution in [2.24, 2.45) is 11.8 Å². The number of aliphatic hydroxyl groups is 1. The lowest BCUT2D eigenvalue weighted by molar-refractivity contribution is 0.0672. The summed E-state index contributed by atoms with van der Waals surface area (Å²) in [5.41, 5.74) is 1.41. The third-order valence-electron chi connectivity index (χ3n) is 6.82. The van der Waals surface area contributed by atoms with Gasteiger partial charge in [-0.25, -0.2) is 8.78 Å². The maximum atomic E-state index is 15.3. The van der Waals surface area contributed by atoms with Crippen molar-refractivity contribution in [1.29, 1.82) is 0 Å². The molecule has 182 valence electrons. The number of benzene rings is 2. The van der Waals surface area contributed by atoms with Crippen LogP contribution in [0.2, 0.25) is 0 Å². The van der Waals surface area contributed by atoms with Crippen LogP contribution < -0.4 is 4.74 Å². The van der Waals surface area contributed by atoms with Gasteiger partial charge in [-0.05, 0) is 79.6 Å². The fraction of sp³-hybridized carbons (Fsp3) is 0.444. The van der Waals surface area contributed by atoms with Crippen LogP contribution in [0.25, 0.3) is 10.9 Å². The van der Waals surface area contributed by atoms with E-state index < -0.39 is 6.17 Å². The van der Waals surface area contributed by atoms with Crippen LogP contribution in [-0.4, -0.2) is 54.1 Å². The molecule has 7 heteroatoms. The molecule has 2 aromatic carbocycles. The summed E-state index contributed by atoms with van der Waals surface area (Å²) in [5.74, 6) is 1.74. The standard InChI is InChI=1S/C27H32F2N2O2S/c1-33-21-7-9-26-23(16-21)22(10-12-30-26)24(28)8-6-19-11-13-31(17-20(19)18-32)14-15-34-27-5-3-2-4-25(27)29/h2-5,7,9-10,12,16,19-20,24,32H,6,8,11,13-15,17-18H2,1H3/t19-,20-,24-/m1/s1. The number of ether oxygens (including phenoxy) is 1. The second-order valence-corrected chi connectivity index (χ2v) is 10.0. The molecule has 4 rings (SSSR count). The molecule has 0 saturated carbocycles. The molecule has 0 radical (unpaired) electrons. The number of aliphatic hydroxyl groups excluding tert-OH is 1. The van der Waals surface area contributed by atoms with Crippen molar-refractivity contribution in [3.05, 3.63) is 66.1 Å². The highest BCUT2D eigenvalue weighted by Gasteiger charge is 2.29. The summed E-state index contributed by atoms with van der Waals surface area (Å²) in [4.78, 5) is 7.36. The van der Waals surface area contributed by atoms with Gasteiger partial charge in [-0.1, -0.05) is 12.1 Å². The zero-order valence-corrected chi connectivity index (χ0v) is 20.3. The van der Waals surface area contributed by atoms with E-state index in [1.165, 1.54) is 17.8 Å². The van der Waals surface area contributed by atoms with Crippen molar-refractivity contribution < 1.29 is 18.6 Å². The largest absolute Gasteiger partial charge is 0.497 e. The summed E-state index contributed by atoms with van der Waals surface area (Å²) in [6.45, 7) is 2.67. The van der Waals surface area contributed by atoms with Crippen LogP contribution >= 0.6 is 11.8 Å². The van der Waals surface area contributed by atoms with Crippen molar-refractivity contribution >= 4 is 22.7 Å². The molecule has 3 aromatic rings. The van der Waals surface area contributed by atoms with Crippen LogP contribution in [0.4, 0.5) is 8.78 Å². The van der Waals surface area contributed by atoms with Crippen LogP contribution in [0.1, 0.15) is 31.0 Å². The molecule has 0 unspecified atom stereocenters. The quantitative estimate of drug-likeness (QED) is 0.362. The van der Waals surface area contributed by atoms with Gasteiger partial charge in [0.25, 0.3) is 0 Å². The maximum Gasteiger partial charge on any atom is 0.136 e. The summed E-state index contributed by atoms with van der Waals surface area (Å²) in [6, 6.07) is 14.1. The molecule has 3 atom stereocenters. The van der Waals surface area contributed by atoms with Gasteiger partial charge >= 0.3 is 0 Å². The number of hydrogen-bond donors (Lipinski definition) is 1. The Morgan fingerprint density at radius 3 is 2.85 bits per heavy atom. The number of methoxy groups -OCH3 is 1. The Labute approximate surface area is 204 Å². The minimum Gasteiger partial charge on any atom is -0.497 e. The number of thioether (sulfide) groups is 1. The highest BCUT2D eigenvalue weighted by molar-refractivity contribution is 7.99. The molecule has 1 aliphatic rings. The normalized spacial score (nSPS) is 19.9. The molecule has 0 bridgehead atoms. The van der Waals surface area contributed by atoms with Crippen molar-refractivity contribution in [1.82, 2.24) is 9.88 Å². The smallest absolute Gasteiger partial charge is 0.136 e. The van der Waals surface area contributed by atoms with Crippen LogP contribution in [0, 0.1) is 17.7 Å². The number of aromatic nitrogens is 1. The van der Waals surface area contributed by atoms with E-state index in [-0.39, 0.29) is 18.3 Å². The van der Waals surface area contributed by atoms with Crippen LogP contribution in [0.15, 0.2) is 59.6 Å².